The van der Waals surface area contributed by atoms with Crippen LogP contribution in [0.5, 0.6) is 0 Å². The molecule has 6 heteroatoms. The summed E-state index contributed by atoms with van der Waals surface area (Å²) in [6.45, 7) is 0. The molecule has 0 aliphatic carbocycles. The summed E-state index contributed by atoms with van der Waals surface area (Å²) in [4.78, 5) is 13.4. The summed E-state index contributed by atoms with van der Waals surface area (Å²) < 4.78 is 0.875. The van der Waals surface area contributed by atoms with Crippen LogP contribution in [-0.2, 0) is 0 Å². The third-order valence-corrected chi connectivity index (χ3v) is 3.83. The first kappa shape index (κ1) is 15.7. The Labute approximate surface area is 137 Å². The first-order valence-corrected chi connectivity index (χ1v) is 7.39. The first-order chi connectivity index (χ1) is 9.88. The van der Waals surface area contributed by atoms with Gasteiger partial charge in [-0.2, -0.15) is 0 Å². The van der Waals surface area contributed by atoms with Crippen molar-refractivity contribution in [1.29, 1.82) is 0 Å². The minimum Gasteiger partial charge on any atom is -0.397 e. The van der Waals surface area contributed by atoms with E-state index in [4.69, 9.17) is 17.3 Å². The molecular weight excluding hydrogens is 354 g/mol. The number of hydrogen-bond acceptors (Lipinski definition) is 3. The van der Waals surface area contributed by atoms with Gasteiger partial charge in [-0.3, -0.25) is 4.79 Å². The van der Waals surface area contributed by atoms with Gasteiger partial charge >= 0.3 is 0 Å². The molecule has 2 aromatic carbocycles. The molecule has 0 radical (unpaired) electrons. The van der Waals surface area contributed by atoms with Gasteiger partial charge in [0.25, 0.3) is 5.91 Å². The summed E-state index contributed by atoms with van der Waals surface area (Å²) in [5, 5.41) is 3.82. The third kappa shape index (κ3) is 3.68. The number of halogens is 2. The Morgan fingerprint density at radius 1 is 1.19 bits per heavy atom. The van der Waals surface area contributed by atoms with E-state index in [2.05, 4.69) is 21.2 Å². The molecule has 110 valence electrons. The largest absolute Gasteiger partial charge is 0.397 e. The summed E-state index contributed by atoms with van der Waals surface area (Å²) >= 11 is 9.43. The molecular formula is C15H15BrClN3O. The lowest BCUT2D eigenvalue weighted by Gasteiger charge is -2.14. The maximum atomic E-state index is 11.9. The van der Waals surface area contributed by atoms with Gasteiger partial charge in [-0.05, 0) is 52.3 Å². The zero-order chi connectivity index (χ0) is 15.6. The van der Waals surface area contributed by atoms with Crippen molar-refractivity contribution in [3.8, 4) is 0 Å². The second-order valence-electron chi connectivity index (χ2n) is 4.75. The highest BCUT2D eigenvalue weighted by atomic mass is 79.9. The van der Waals surface area contributed by atoms with Crippen molar-refractivity contribution in [2.24, 2.45) is 0 Å². The molecule has 0 spiro atoms. The van der Waals surface area contributed by atoms with Crippen LogP contribution in [0.4, 0.5) is 17.1 Å². The fourth-order valence-electron chi connectivity index (χ4n) is 1.81. The van der Waals surface area contributed by atoms with Crippen LogP contribution < -0.4 is 11.1 Å². The topological polar surface area (TPSA) is 58.4 Å². The Morgan fingerprint density at radius 3 is 2.52 bits per heavy atom. The zero-order valence-corrected chi connectivity index (χ0v) is 14.0. The molecule has 2 rings (SSSR count). The van der Waals surface area contributed by atoms with Crippen LogP contribution in [0.2, 0.25) is 5.02 Å². The van der Waals surface area contributed by atoms with Crippen molar-refractivity contribution < 1.29 is 4.79 Å². The van der Waals surface area contributed by atoms with E-state index in [0.29, 0.717) is 22.0 Å². The number of carbonyl (C=O) groups excluding carboxylic acids is 1. The minimum atomic E-state index is -0.0859. The Hall–Kier alpha value is -1.72. The van der Waals surface area contributed by atoms with E-state index in [1.807, 2.05) is 6.07 Å². The van der Waals surface area contributed by atoms with E-state index in [-0.39, 0.29) is 5.91 Å². The van der Waals surface area contributed by atoms with Crippen molar-refractivity contribution in [3.05, 3.63) is 51.5 Å². The molecule has 0 bridgehead atoms. The third-order valence-electron chi connectivity index (χ3n) is 2.90. The predicted octanol–water partition coefficient (Wildman–Crippen LogP) is 4.13. The van der Waals surface area contributed by atoms with Crippen LogP contribution in [0.3, 0.4) is 0 Å². The standard InChI is InChI=1S/C15H15BrClN3O/c1-20(2)15(21)9-3-6-13(12(18)7-9)19-14-8-10(17)4-5-11(14)16/h3-8,19H,18H2,1-2H3. The Kier molecular flexibility index (Phi) is 4.75. The first-order valence-electron chi connectivity index (χ1n) is 6.21. The summed E-state index contributed by atoms with van der Waals surface area (Å²) in [7, 11) is 3.40. The fourth-order valence-corrected chi connectivity index (χ4v) is 2.32. The molecule has 0 aromatic heterocycles. The van der Waals surface area contributed by atoms with E-state index in [1.165, 1.54) is 4.90 Å². The molecule has 0 saturated heterocycles. The Balaban J connectivity index is 2.30. The van der Waals surface area contributed by atoms with Crippen molar-refractivity contribution in [2.45, 2.75) is 0 Å². The Morgan fingerprint density at radius 2 is 1.90 bits per heavy atom. The molecule has 0 atom stereocenters. The van der Waals surface area contributed by atoms with Crippen molar-refractivity contribution in [2.75, 3.05) is 25.1 Å². The van der Waals surface area contributed by atoms with E-state index < -0.39 is 0 Å². The van der Waals surface area contributed by atoms with Gasteiger partial charge in [0.2, 0.25) is 0 Å². The van der Waals surface area contributed by atoms with Gasteiger partial charge in [0.1, 0.15) is 0 Å². The van der Waals surface area contributed by atoms with Gasteiger partial charge in [0.15, 0.2) is 0 Å². The number of nitrogens with two attached hydrogens (primary N) is 1. The zero-order valence-electron chi connectivity index (χ0n) is 11.7. The number of nitrogen functional groups attached to an aromatic ring is 1. The SMILES string of the molecule is CN(C)C(=O)c1ccc(Nc2cc(Cl)ccc2Br)c(N)c1. The van der Waals surface area contributed by atoms with Crippen LogP contribution >= 0.6 is 27.5 Å². The van der Waals surface area contributed by atoms with E-state index in [0.717, 1.165) is 10.2 Å². The predicted molar refractivity (Wildman–Crippen MR) is 91.3 cm³/mol. The lowest BCUT2D eigenvalue weighted by Crippen LogP contribution is -2.21. The molecule has 0 aliphatic rings. The number of anilines is 3. The summed E-state index contributed by atoms with van der Waals surface area (Å²) in [5.41, 5.74) is 8.58. The molecule has 0 aliphatic heterocycles. The molecule has 0 heterocycles. The average molecular weight is 369 g/mol. The fraction of sp³-hybridized carbons (Fsp3) is 0.133. The molecule has 1 amide bonds. The normalized spacial score (nSPS) is 10.3. The molecule has 4 nitrogen and oxygen atoms in total. The van der Waals surface area contributed by atoms with Crippen LogP contribution in [0, 0.1) is 0 Å². The van der Waals surface area contributed by atoms with Crippen LogP contribution in [-0.4, -0.2) is 24.9 Å². The molecule has 0 unspecified atom stereocenters. The summed E-state index contributed by atoms with van der Waals surface area (Å²) in [6, 6.07) is 10.6. The van der Waals surface area contributed by atoms with Crippen molar-refractivity contribution >= 4 is 50.5 Å². The van der Waals surface area contributed by atoms with Crippen molar-refractivity contribution in [1.82, 2.24) is 4.90 Å². The van der Waals surface area contributed by atoms with Gasteiger partial charge in [-0.25, -0.2) is 0 Å². The number of amides is 1. The molecule has 0 saturated carbocycles. The van der Waals surface area contributed by atoms with Gasteiger partial charge in [0, 0.05) is 29.2 Å². The molecule has 3 N–H and O–H groups in total. The number of hydrogen-bond donors (Lipinski definition) is 2. The number of nitrogens with zero attached hydrogens (tertiary/aromatic N) is 1. The summed E-state index contributed by atoms with van der Waals surface area (Å²) in [6.07, 6.45) is 0. The second kappa shape index (κ2) is 6.37. The molecule has 2 aromatic rings. The second-order valence-corrected chi connectivity index (χ2v) is 6.04. The van der Waals surface area contributed by atoms with Gasteiger partial charge < -0.3 is 16.0 Å². The number of carbonyl (C=O) groups is 1. The van der Waals surface area contributed by atoms with Crippen LogP contribution in [0.15, 0.2) is 40.9 Å². The van der Waals surface area contributed by atoms with E-state index >= 15 is 0 Å². The highest BCUT2D eigenvalue weighted by Crippen LogP contribution is 2.31. The minimum absolute atomic E-state index is 0.0859. The van der Waals surface area contributed by atoms with Crippen LogP contribution in [0.25, 0.3) is 0 Å². The van der Waals surface area contributed by atoms with Gasteiger partial charge in [0.05, 0.1) is 17.1 Å². The maximum Gasteiger partial charge on any atom is 0.253 e. The lowest BCUT2D eigenvalue weighted by atomic mass is 10.1. The quantitative estimate of drug-likeness (QED) is 0.801. The van der Waals surface area contributed by atoms with Gasteiger partial charge in [-0.1, -0.05) is 11.6 Å². The maximum absolute atomic E-state index is 11.9. The summed E-state index contributed by atoms with van der Waals surface area (Å²) in [5.74, 6) is -0.0859. The number of benzene rings is 2. The highest BCUT2D eigenvalue weighted by Gasteiger charge is 2.11. The number of rotatable bonds is 3. The van der Waals surface area contributed by atoms with E-state index in [1.54, 1.807) is 44.4 Å². The average Bonchev–Trinajstić information content (AvgIpc) is 2.44. The number of nitrogens with one attached hydrogen (secondary N) is 1. The van der Waals surface area contributed by atoms with Crippen LogP contribution in [0.1, 0.15) is 10.4 Å². The lowest BCUT2D eigenvalue weighted by molar-refractivity contribution is 0.0827. The Bertz CT molecular complexity index is 689. The van der Waals surface area contributed by atoms with Crippen molar-refractivity contribution in [3.63, 3.8) is 0 Å². The smallest absolute Gasteiger partial charge is 0.253 e. The molecule has 21 heavy (non-hydrogen) atoms. The molecule has 0 fully saturated rings. The van der Waals surface area contributed by atoms with Gasteiger partial charge in [-0.15, -0.1) is 0 Å². The highest BCUT2D eigenvalue weighted by molar-refractivity contribution is 9.10. The van der Waals surface area contributed by atoms with E-state index in [9.17, 15) is 4.79 Å². The monoisotopic (exact) mass is 367 g/mol.